The zero-order valence-corrected chi connectivity index (χ0v) is 16.0. The molecular formula is C18H30N4O2S. The Balaban J connectivity index is 1.48. The number of nitrogens with one attached hydrogen (secondary N) is 1. The number of hydrogen-bond acceptors (Lipinski definition) is 6. The lowest BCUT2D eigenvalue weighted by Gasteiger charge is -2.39. The van der Waals surface area contributed by atoms with Crippen LogP contribution in [0.15, 0.2) is 0 Å². The Morgan fingerprint density at radius 1 is 1.32 bits per heavy atom. The normalized spacial score (nSPS) is 25.5. The molecule has 6 nitrogen and oxygen atoms in total. The quantitative estimate of drug-likeness (QED) is 0.774. The first-order valence-corrected chi connectivity index (χ1v) is 10.4. The topological polar surface area (TPSA) is 78.4 Å². The molecule has 2 heterocycles. The highest BCUT2D eigenvalue weighted by Gasteiger charge is 2.41. The van der Waals surface area contributed by atoms with E-state index in [1.165, 1.54) is 43.6 Å². The van der Waals surface area contributed by atoms with Crippen molar-refractivity contribution in [1.29, 1.82) is 0 Å². The van der Waals surface area contributed by atoms with Crippen LogP contribution in [0.5, 0.6) is 0 Å². The molecule has 2 fully saturated rings. The fourth-order valence-corrected chi connectivity index (χ4v) is 4.65. The van der Waals surface area contributed by atoms with E-state index in [0.29, 0.717) is 19.5 Å². The molecule has 1 amide bonds. The van der Waals surface area contributed by atoms with Crippen molar-refractivity contribution in [3.63, 3.8) is 0 Å². The lowest BCUT2D eigenvalue weighted by atomic mass is 9.86. The summed E-state index contributed by atoms with van der Waals surface area (Å²) in [6.45, 7) is 4.40. The number of amides is 1. The van der Waals surface area contributed by atoms with Gasteiger partial charge in [-0.15, -0.1) is 5.10 Å². The molecule has 1 saturated heterocycles. The van der Waals surface area contributed by atoms with E-state index in [2.05, 4.69) is 14.9 Å². The summed E-state index contributed by atoms with van der Waals surface area (Å²) >= 11 is 1.36. The monoisotopic (exact) mass is 366 g/mol. The summed E-state index contributed by atoms with van der Waals surface area (Å²) in [5, 5.41) is 18.1. The van der Waals surface area contributed by atoms with Gasteiger partial charge < -0.3 is 15.3 Å². The minimum Gasteiger partial charge on any atom is -0.379 e. The molecule has 140 valence electrons. The number of hydrogen-bond donors (Lipinski definition) is 2. The van der Waals surface area contributed by atoms with E-state index in [-0.39, 0.29) is 5.91 Å². The van der Waals surface area contributed by atoms with Gasteiger partial charge in [0.25, 0.3) is 5.91 Å². The molecule has 7 heteroatoms. The minimum absolute atomic E-state index is 0.0961. The number of carbonyl (C=O) groups is 1. The average molecular weight is 367 g/mol. The van der Waals surface area contributed by atoms with Crippen molar-refractivity contribution in [3.05, 3.63) is 10.6 Å². The fraction of sp³-hybridized carbons (Fsp3) is 0.833. The Bertz CT molecular complexity index is 573. The van der Waals surface area contributed by atoms with E-state index >= 15 is 0 Å². The summed E-state index contributed by atoms with van der Waals surface area (Å²) in [7, 11) is 0. The molecule has 0 radical (unpaired) electrons. The van der Waals surface area contributed by atoms with Crippen LogP contribution in [0.25, 0.3) is 0 Å². The number of rotatable bonds is 7. The highest BCUT2D eigenvalue weighted by atomic mass is 32.1. The number of likely N-dealkylation sites (tertiary alicyclic amines) is 1. The molecule has 2 N–H and O–H groups in total. The molecule has 0 bridgehead atoms. The van der Waals surface area contributed by atoms with Crippen LogP contribution in [0.4, 0.5) is 0 Å². The van der Waals surface area contributed by atoms with Crippen molar-refractivity contribution >= 4 is 17.4 Å². The van der Waals surface area contributed by atoms with Crippen LogP contribution in [0.1, 0.15) is 61.9 Å². The van der Waals surface area contributed by atoms with Gasteiger partial charge in [-0.3, -0.25) is 4.79 Å². The Kier molecular flexibility index (Phi) is 6.41. The van der Waals surface area contributed by atoms with Gasteiger partial charge in [0.2, 0.25) is 0 Å². The summed E-state index contributed by atoms with van der Waals surface area (Å²) in [4.78, 5) is 15.7. The SMILES string of the molecule is Cc1nnsc1CNC[C@]1(O)CCCN(CCC2CCCCC2)C1=O. The first-order chi connectivity index (χ1) is 12.1. The van der Waals surface area contributed by atoms with Crippen molar-refractivity contribution in [2.24, 2.45) is 5.92 Å². The second kappa shape index (κ2) is 8.56. The second-order valence-electron chi connectivity index (χ2n) is 7.61. The molecule has 1 aromatic rings. The van der Waals surface area contributed by atoms with Gasteiger partial charge in [0.15, 0.2) is 5.60 Å². The molecule has 1 saturated carbocycles. The van der Waals surface area contributed by atoms with E-state index in [4.69, 9.17) is 0 Å². The molecule has 1 aliphatic carbocycles. The second-order valence-corrected chi connectivity index (χ2v) is 8.44. The number of aliphatic hydroxyl groups is 1. The maximum atomic E-state index is 12.8. The van der Waals surface area contributed by atoms with E-state index in [0.717, 1.165) is 42.4 Å². The average Bonchev–Trinajstić information content (AvgIpc) is 3.02. The predicted molar refractivity (Wildman–Crippen MR) is 98.3 cm³/mol. The van der Waals surface area contributed by atoms with Gasteiger partial charge >= 0.3 is 0 Å². The number of nitrogens with zero attached hydrogens (tertiary/aromatic N) is 3. The number of aryl methyl sites for hydroxylation is 1. The maximum absolute atomic E-state index is 12.8. The molecule has 1 atom stereocenters. The van der Waals surface area contributed by atoms with Crippen LogP contribution in [0, 0.1) is 12.8 Å². The smallest absolute Gasteiger partial charge is 0.255 e. The summed E-state index contributed by atoms with van der Waals surface area (Å²) in [5.41, 5.74) is -0.356. The van der Waals surface area contributed by atoms with E-state index in [1.54, 1.807) is 0 Å². The van der Waals surface area contributed by atoms with Crippen LogP contribution in [-0.4, -0.2) is 50.7 Å². The highest BCUT2D eigenvalue weighted by Crippen LogP contribution is 2.28. The molecule has 0 spiro atoms. The lowest BCUT2D eigenvalue weighted by molar-refractivity contribution is -0.156. The Morgan fingerprint density at radius 3 is 2.84 bits per heavy atom. The zero-order valence-electron chi connectivity index (χ0n) is 15.2. The van der Waals surface area contributed by atoms with Gasteiger partial charge in [0, 0.05) is 26.2 Å². The minimum atomic E-state index is -1.27. The van der Waals surface area contributed by atoms with Gasteiger partial charge in [-0.1, -0.05) is 36.6 Å². The van der Waals surface area contributed by atoms with E-state index in [9.17, 15) is 9.90 Å². The van der Waals surface area contributed by atoms with E-state index < -0.39 is 5.60 Å². The Hall–Kier alpha value is -1.05. The van der Waals surface area contributed by atoms with Gasteiger partial charge in [0.1, 0.15) is 0 Å². The standard InChI is InChI=1S/C18H30N4O2S/c1-14-16(25-21-20-14)12-19-13-18(24)9-5-10-22(17(18)23)11-8-15-6-3-2-4-7-15/h15,19,24H,2-13H2,1H3/t18-/m1/s1. The van der Waals surface area contributed by atoms with Crippen molar-refractivity contribution in [3.8, 4) is 0 Å². The third-order valence-electron chi connectivity index (χ3n) is 5.68. The largest absolute Gasteiger partial charge is 0.379 e. The number of aromatic nitrogens is 2. The third kappa shape index (κ3) is 4.77. The molecule has 0 aromatic carbocycles. The van der Waals surface area contributed by atoms with Crippen LogP contribution in [0.3, 0.4) is 0 Å². The number of piperidine rings is 1. The van der Waals surface area contributed by atoms with Crippen LogP contribution in [0.2, 0.25) is 0 Å². The highest BCUT2D eigenvalue weighted by molar-refractivity contribution is 7.05. The van der Waals surface area contributed by atoms with Crippen LogP contribution < -0.4 is 5.32 Å². The molecule has 2 aliphatic rings. The summed E-state index contributed by atoms with van der Waals surface area (Å²) in [5.74, 6) is 0.665. The van der Waals surface area contributed by atoms with E-state index in [1.807, 2.05) is 11.8 Å². The summed E-state index contributed by atoms with van der Waals surface area (Å²) in [6.07, 6.45) is 9.12. The lowest BCUT2D eigenvalue weighted by Crippen LogP contribution is -2.58. The predicted octanol–water partition coefficient (Wildman–Crippen LogP) is 2.26. The molecule has 3 rings (SSSR count). The number of carbonyl (C=O) groups excluding carboxylic acids is 1. The zero-order chi connectivity index (χ0) is 17.7. The molecule has 25 heavy (non-hydrogen) atoms. The first kappa shape index (κ1) is 18.7. The maximum Gasteiger partial charge on any atom is 0.255 e. The van der Waals surface area contributed by atoms with Gasteiger partial charge in [-0.2, -0.15) is 0 Å². The first-order valence-electron chi connectivity index (χ1n) is 9.59. The Labute approximate surface area is 154 Å². The van der Waals surface area contributed by atoms with Crippen molar-refractivity contribution in [2.75, 3.05) is 19.6 Å². The van der Waals surface area contributed by atoms with Gasteiger partial charge in [0.05, 0.1) is 10.6 Å². The van der Waals surface area contributed by atoms with Gasteiger partial charge in [-0.25, -0.2) is 0 Å². The molecule has 0 unspecified atom stereocenters. The van der Waals surface area contributed by atoms with Crippen molar-refractivity contribution in [1.82, 2.24) is 19.8 Å². The van der Waals surface area contributed by atoms with Crippen molar-refractivity contribution < 1.29 is 9.90 Å². The Morgan fingerprint density at radius 2 is 2.12 bits per heavy atom. The van der Waals surface area contributed by atoms with Crippen LogP contribution >= 0.6 is 11.5 Å². The van der Waals surface area contributed by atoms with Crippen molar-refractivity contribution in [2.45, 2.75) is 70.4 Å². The summed E-state index contributed by atoms with van der Waals surface area (Å²) in [6, 6.07) is 0. The van der Waals surface area contributed by atoms with Gasteiger partial charge in [-0.05, 0) is 43.6 Å². The van der Waals surface area contributed by atoms with Crippen LogP contribution in [-0.2, 0) is 11.3 Å². The molecule has 1 aromatic heterocycles. The fourth-order valence-electron chi connectivity index (χ4n) is 4.05. The molecule has 1 aliphatic heterocycles. The third-order valence-corrected chi connectivity index (χ3v) is 6.51. The summed E-state index contributed by atoms with van der Waals surface area (Å²) < 4.78 is 3.91. The molecular weight excluding hydrogens is 336 g/mol.